The topological polar surface area (TPSA) is 12.0 Å². The van der Waals surface area contributed by atoms with E-state index >= 15 is 0 Å². The van der Waals surface area contributed by atoms with Crippen molar-refractivity contribution in [2.45, 2.75) is 71.1 Å². The minimum absolute atomic E-state index is 0.825. The number of unbranched alkanes of at least 4 members (excludes halogenated alkanes) is 8. The monoisotopic (exact) mass is 247 g/mol. The Morgan fingerprint density at radius 2 is 1.19 bits per heavy atom. The summed E-state index contributed by atoms with van der Waals surface area (Å²) in [5.41, 5.74) is 0. The summed E-state index contributed by atoms with van der Waals surface area (Å²) < 4.78 is 0. The van der Waals surface area contributed by atoms with Gasteiger partial charge in [-0.2, -0.15) is 0 Å². The van der Waals surface area contributed by atoms with Crippen molar-refractivity contribution in [1.29, 1.82) is 0 Å². The molecule has 0 aliphatic heterocycles. The Hall–Kier alpha value is 0.250. The molecule has 0 spiro atoms. The predicted molar refractivity (Wildman–Crippen MR) is 75.4 cm³/mol. The highest BCUT2D eigenvalue weighted by Crippen LogP contribution is 2.04. The molecule has 0 atom stereocenters. The van der Waals surface area contributed by atoms with Gasteiger partial charge in [-0.3, -0.25) is 0 Å². The van der Waals surface area contributed by atoms with E-state index in [2.05, 4.69) is 12.2 Å². The van der Waals surface area contributed by atoms with Crippen LogP contribution in [0.5, 0.6) is 0 Å². The van der Waals surface area contributed by atoms with Crippen molar-refractivity contribution in [1.82, 2.24) is 5.32 Å². The average Bonchev–Trinajstić information content (AvgIpc) is 2.31. The first-order valence-corrected chi connectivity index (χ1v) is 7.72. The molecule has 0 saturated heterocycles. The molecule has 0 amide bonds. The van der Waals surface area contributed by atoms with Crippen LogP contribution in [0.3, 0.4) is 0 Å². The maximum absolute atomic E-state index is 5.62. The molecule has 0 aliphatic rings. The number of alkyl halides is 1. The molecule has 0 saturated carbocycles. The van der Waals surface area contributed by atoms with Crippen LogP contribution in [0.25, 0.3) is 0 Å². The fourth-order valence-electron chi connectivity index (χ4n) is 1.85. The number of rotatable bonds is 13. The highest BCUT2D eigenvalue weighted by atomic mass is 35.5. The van der Waals surface area contributed by atoms with Crippen LogP contribution >= 0.6 is 11.6 Å². The Morgan fingerprint density at radius 1 is 0.688 bits per heavy atom. The van der Waals surface area contributed by atoms with Crippen LogP contribution in [0, 0.1) is 0 Å². The van der Waals surface area contributed by atoms with Crippen molar-refractivity contribution >= 4 is 11.6 Å². The van der Waals surface area contributed by atoms with Crippen LogP contribution in [0.4, 0.5) is 0 Å². The van der Waals surface area contributed by atoms with Crippen LogP contribution in [0.2, 0.25) is 0 Å². The van der Waals surface area contributed by atoms with Crippen molar-refractivity contribution < 1.29 is 0 Å². The van der Waals surface area contributed by atoms with Crippen LogP contribution < -0.4 is 5.32 Å². The molecule has 0 aromatic heterocycles. The smallest absolute Gasteiger partial charge is 0.0223 e. The lowest BCUT2D eigenvalue weighted by molar-refractivity contribution is 0.552. The zero-order valence-corrected chi connectivity index (χ0v) is 11.8. The lowest BCUT2D eigenvalue weighted by Gasteiger charge is -2.04. The Morgan fingerprint density at radius 3 is 1.75 bits per heavy atom. The zero-order chi connectivity index (χ0) is 11.9. The quantitative estimate of drug-likeness (QED) is 0.366. The second kappa shape index (κ2) is 15.2. The lowest BCUT2D eigenvalue weighted by Crippen LogP contribution is -2.16. The van der Waals surface area contributed by atoms with Gasteiger partial charge >= 0.3 is 0 Å². The van der Waals surface area contributed by atoms with Crippen molar-refractivity contribution in [3.8, 4) is 0 Å². The van der Waals surface area contributed by atoms with E-state index in [1.54, 1.807) is 0 Å². The maximum atomic E-state index is 5.62. The molecule has 0 radical (unpaired) electrons. The van der Waals surface area contributed by atoms with Crippen LogP contribution in [0.1, 0.15) is 71.1 Å². The molecular formula is C14H30ClN. The minimum Gasteiger partial charge on any atom is -0.317 e. The Balaban J connectivity index is 2.83. The van der Waals surface area contributed by atoms with E-state index in [0.29, 0.717) is 0 Å². The first-order chi connectivity index (χ1) is 7.91. The molecule has 0 aromatic carbocycles. The molecule has 1 nitrogen and oxygen atoms in total. The van der Waals surface area contributed by atoms with E-state index in [1.807, 2.05) is 0 Å². The summed E-state index contributed by atoms with van der Waals surface area (Å²) in [6.45, 7) is 4.67. The highest BCUT2D eigenvalue weighted by molar-refractivity contribution is 6.17. The molecule has 0 rings (SSSR count). The minimum atomic E-state index is 0.825. The molecule has 0 aromatic rings. The van der Waals surface area contributed by atoms with Gasteiger partial charge in [0.2, 0.25) is 0 Å². The second-order valence-electron chi connectivity index (χ2n) is 4.62. The second-order valence-corrected chi connectivity index (χ2v) is 5.00. The summed E-state index contributed by atoms with van der Waals surface area (Å²) in [5.74, 6) is 0.825. The van der Waals surface area contributed by atoms with Gasteiger partial charge in [0, 0.05) is 5.88 Å². The van der Waals surface area contributed by atoms with Crippen molar-refractivity contribution in [2.24, 2.45) is 0 Å². The summed E-state index contributed by atoms with van der Waals surface area (Å²) in [6, 6.07) is 0. The van der Waals surface area contributed by atoms with E-state index in [4.69, 9.17) is 11.6 Å². The molecule has 98 valence electrons. The summed E-state index contributed by atoms with van der Waals surface area (Å²) in [7, 11) is 0. The van der Waals surface area contributed by atoms with Gasteiger partial charge in [-0.05, 0) is 32.4 Å². The standard InChI is InChI=1S/C14H30ClN/c1-2-3-4-5-7-10-13-16-14-11-8-6-9-12-15/h16H,2-14H2,1H3. The van der Waals surface area contributed by atoms with Crippen LogP contribution in [0.15, 0.2) is 0 Å². The summed E-state index contributed by atoms with van der Waals surface area (Å²) in [6.07, 6.45) is 13.5. The van der Waals surface area contributed by atoms with E-state index < -0.39 is 0 Å². The number of hydrogen-bond donors (Lipinski definition) is 1. The molecule has 0 fully saturated rings. The molecular weight excluding hydrogens is 218 g/mol. The lowest BCUT2D eigenvalue weighted by atomic mass is 10.1. The van der Waals surface area contributed by atoms with Crippen molar-refractivity contribution in [3.05, 3.63) is 0 Å². The predicted octanol–water partition coefficient (Wildman–Crippen LogP) is 4.74. The van der Waals surface area contributed by atoms with E-state index in [0.717, 1.165) is 5.88 Å². The first kappa shape index (κ1) is 16.2. The van der Waals surface area contributed by atoms with Gasteiger partial charge in [0.25, 0.3) is 0 Å². The molecule has 16 heavy (non-hydrogen) atoms. The number of nitrogens with one attached hydrogen (secondary N) is 1. The Kier molecular flexibility index (Phi) is 15.5. The van der Waals surface area contributed by atoms with Gasteiger partial charge in [0.1, 0.15) is 0 Å². The Bertz CT molecular complexity index is 103. The molecule has 2 heteroatoms. The van der Waals surface area contributed by atoms with Gasteiger partial charge < -0.3 is 5.32 Å². The van der Waals surface area contributed by atoms with Gasteiger partial charge in [-0.25, -0.2) is 0 Å². The molecule has 0 heterocycles. The number of halogens is 1. The van der Waals surface area contributed by atoms with Crippen molar-refractivity contribution in [2.75, 3.05) is 19.0 Å². The van der Waals surface area contributed by atoms with Gasteiger partial charge in [0.05, 0.1) is 0 Å². The normalized spacial score (nSPS) is 10.9. The first-order valence-electron chi connectivity index (χ1n) is 7.18. The maximum Gasteiger partial charge on any atom is 0.0223 e. The fraction of sp³-hybridized carbons (Fsp3) is 1.00. The average molecular weight is 248 g/mol. The van der Waals surface area contributed by atoms with E-state index in [-0.39, 0.29) is 0 Å². The van der Waals surface area contributed by atoms with Gasteiger partial charge in [0.15, 0.2) is 0 Å². The third kappa shape index (κ3) is 14.2. The molecule has 0 aliphatic carbocycles. The third-order valence-electron chi connectivity index (χ3n) is 2.94. The van der Waals surface area contributed by atoms with Crippen molar-refractivity contribution in [3.63, 3.8) is 0 Å². The summed E-state index contributed by atoms with van der Waals surface area (Å²) >= 11 is 5.62. The van der Waals surface area contributed by atoms with E-state index in [1.165, 1.54) is 77.3 Å². The highest BCUT2D eigenvalue weighted by Gasteiger charge is 1.91. The molecule has 0 unspecified atom stereocenters. The summed E-state index contributed by atoms with van der Waals surface area (Å²) in [5, 5.41) is 3.52. The molecule has 1 N–H and O–H groups in total. The third-order valence-corrected chi connectivity index (χ3v) is 3.21. The largest absolute Gasteiger partial charge is 0.317 e. The van der Waals surface area contributed by atoms with Gasteiger partial charge in [-0.1, -0.05) is 51.9 Å². The summed E-state index contributed by atoms with van der Waals surface area (Å²) in [4.78, 5) is 0. The number of hydrogen-bond acceptors (Lipinski definition) is 1. The van der Waals surface area contributed by atoms with Gasteiger partial charge in [-0.15, -0.1) is 11.6 Å². The van der Waals surface area contributed by atoms with Crippen LogP contribution in [-0.4, -0.2) is 19.0 Å². The van der Waals surface area contributed by atoms with Crippen LogP contribution in [-0.2, 0) is 0 Å². The Labute approximate surface area is 107 Å². The fourth-order valence-corrected chi connectivity index (χ4v) is 2.04. The zero-order valence-electron chi connectivity index (χ0n) is 11.1. The molecule has 0 bridgehead atoms. The SMILES string of the molecule is CCCCCCCCNCCCCCCCl. The van der Waals surface area contributed by atoms with E-state index in [9.17, 15) is 0 Å².